The fourth-order valence-corrected chi connectivity index (χ4v) is 1.67. The second-order valence-corrected chi connectivity index (χ2v) is 4.49. The third-order valence-corrected chi connectivity index (χ3v) is 2.82. The van der Waals surface area contributed by atoms with E-state index < -0.39 is 10.8 Å². The van der Waals surface area contributed by atoms with E-state index in [2.05, 4.69) is 10.5 Å². The third kappa shape index (κ3) is 4.12. The van der Waals surface area contributed by atoms with Crippen molar-refractivity contribution in [3.63, 3.8) is 0 Å². The number of carbonyl (C=O) groups is 1. The number of hydrazone groups is 1. The van der Waals surface area contributed by atoms with E-state index in [9.17, 15) is 14.9 Å². The summed E-state index contributed by atoms with van der Waals surface area (Å²) in [5.74, 6) is -0.524. The highest BCUT2D eigenvalue weighted by Gasteiger charge is 2.10. The highest BCUT2D eigenvalue weighted by atomic mass is 35.5. The van der Waals surface area contributed by atoms with E-state index in [1.54, 1.807) is 24.3 Å². The lowest BCUT2D eigenvalue weighted by Gasteiger charge is -1.99. The molecule has 1 N–H and O–H groups in total. The lowest BCUT2D eigenvalue weighted by Crippen LogP contribution is -2.17. The molecule has 2 aromatic rings. The standard InChI is InChI=1S/C14H10ClN3O3/c15-12-6-4-10(5-7-12)9-16-17-14(19)11-2-1-3-13(8-11)18(20)21/h1-9H,(H,17,19). The van der Waals surface area contributed by atoms with Crippen LogP contribution in [0, 0.1) is 10.1 Å². The van der Waals surface area contributed by atoms with Crippen LogP contribution in [0.4, 0.5) is 5.69 Å². The molecule has 2 aromatic carbocycles. The van der Waals surface area contributed by atoms with Gasteiger partial charge in [0.25, 0.3) is 11.6 Å². The van der Waals surface area contributed by atoms with Crippen molar-refractivity contribution in [2.45, 2.75) is 0 Å². The molecular weight excluding hydrogens is 294 g/mol. The summed E-state index contributed by atoms with van der Waals surface area (Å²) in [6.07, 6.45) is 1.45. The van der Waals surface area contributed by atoms with Crippen LogP contribution in [-0.4, -0.2) is 17.0 Å². The predicted octanol–water partition coefficient (Wildman–Crippen LogP) is 3.01. The minimum atomic E-state index is -0.562. The topological polar surface area (TPSA) is 84.6 Å². The Balaban J connectivity index is 2.03. The van der Waals surface area contributed by atoms with Gasteiger partial charge in [-0.3, -0.25) is 14.9 Å². The molecule has 0 bridgehead atoms. The van der Waals surface area contributed by atoms with Crippen LogP contribution < -0.4 is 5.43 Å². The summed E-state index contributed by atoms with van der Waals surface area (Å²) in [5.41, 5.74) is 3.08. The second-order valence-electron chi connectivity index (χ2n) is 4.06. The zero-order valence-corrected chi connectivity index (χ0v) is 11.4. The van der Waals surface area contributed by atoms with Crippen molar-refractivity contribution < 1.29 is 9.72 Å². The number of amides is 1. The van der Waals surface area contributed by atoms with Gasteiger partial charge in [-0.1, -0.05) is 29.8 Å². The largest absolute Gasteiger partial charge is 0.271 e. The van der Waals surface area contributed by atoms with Crippen LogP contribution in [0.5, 0.6) is 0 Å². The Hall–Kier alpha value is -2.73. The molecule has 0 aliphatic carbocycles. The van der Waals surface area contributed by atoms with Gasteiger partial charge in [0.2, 0.25) is 0 Å². The normalized spacial score (nSPS) is 10.5. The molecule has 0 aromatic heterocycles. The maximum Gasteiger partial charge on any atom is 0.271 e. The Bertz CT molecular complexity index is 699. The first-order chi connectivity index (χ1) is 10.1. The molecule has 0 heterocycles. The van der Waals surface area contributed by atoms with Crippen LogP contribution in [0.3, 0.4) is 0 Å². The molecule has 6 nitrogen and oxygen atoms in total. The lowest BCUT2D eigenvalue weighted by atomic mass is 10.2. The molecule has 0 fully saturated rings. The van der Waals surface area contributed by atoms with E-state index in [0.717, 1.165) is 5.56 Å². The Morgan fingerprint density at radius 3 is 2.62 bits per heavy atom. The maximum atomic E-state index is 11.8. The van der Waals surface area contributed by atoms with Gasteiger partial charge >= 0.3 is 0 Å². The number of nitrogens with one attached hydrogen (secondary N) is 1. The van der Waals surface area contributed by atoms with Gasteiger partial charge in [0.05, 0.1) is 11.1 Å². The quantitative estimate of drug-likeness (QED) is 0.535. The van der Waals surface area contributed by atoms with Crippen LogP contribution in [0.15, 0.2) is 53.6 Å². The molecule has 0 aliphatic rings. The summed E-state index contributed by atoms with van der Waals surface area (Å²) in [5, 5.41) is 15.0. The van der Waals surface area contributed by atoms with Crippen molar-refractivity contribution in [3.05, 3.63) is 74.8 Å². The Labute approximate surface area is 125 Å². The number of rotatable bonds is 4. The molecular formula is C14H10ClN3O3. The van der Waals surface area contributed by atoms with Gasteiger partial charge in [-0.25, -0.2) is 5.43 Å². The highest BCUT2D eigenvalue weighted by molar-refractivity contribution is 6.30. The smallest absolute Gasteiger partial charge is 0.267 e. The zero-order valence-electron chi connectivity index (χ0n) is 10.7. The zero-order chi connectivity index (χ0) is 15.2. The lowest BCUT2D eigenvalue weighted by molar-refractivity contribution is -0.384. The van der Waals surface area contributed by atoms with E-state index in [1.165, 1.54) is 30.5 Å². The highest BCUT2D eigenvalue weighted by Crippen LogP contribution is 2.13. The van der Waals surface area contributed by atoms with Gasteiger partial charge in [0, 0.05) is 22.7 Å². The van der Waals surface area contributed by atoms with Crippen molar-refractivity contribution in [3.8, 4) is 0 Å². The molecule has 0 radical (unpaired) electrons. The molecule has 0 saturated carbocycles. The summed E-state index contributed by atoms with van der Waals surface area (Å²) in [6.45, 7) is 0. The number of carbonyl (C=O) groups excluding carboxylic acids is 1. The van der Waals surface area contributed by atoms with Gasteiger partial charge in [-0.2, -0.15) is 5.10 Å². The third-order valence-electron chi connectivity index (χ3n) is 2.57. The second kappa shape index (κ2) is 6.62. The molecule has 0 atom stereocenters. The molecule has 106 valence electrons. The molecule has 2 rings (SSSR count). The van der Waals surface area contributed by atoms with E-state index in [0.29, 0.717) is 5.02 Å². The Morgan fingerprint density at radius 1 is 1.24 bits per heavy atom. The summed E-state index contributed by atoms with van der Waals surface area (Å²) >= 11 is 5.75. The Kier molecular flexibility index (Phi) is 4.63. The van der Waals surface area contributed by atoms with Gasteiger partial charge < -0.3 is 0 Å². The summed E-state index contributed by atoms with van der Waals surface area (Å²) in [7, 11) is 0. The number of hydrogen-bond donors (Lipinski definition) is 1. The number of nitrogens with zero attached hydrogens (tertiary/aromatic N) is 2. The van der Waals surface area contributed by atoms with E-state index >= 15 is 0 Å². The number of hydrogen-bond acceptors (Lipinski definition) is 4. The van der Waals surface area contributed by atoms with Crippen molar-refractivity contribution in [1.82, 2.24) is 5.43 Å². The average Bonchev–Trinajstić information content (AvgIpc) is 2.49. The minimum absolute atomic E-state index is 0.149. The fraction of sp³-hybridized carbons (Fsp3) is 0. The molecule has 0 aliphatic heterocycles. The Morgan fingerprint density at radius 2 is 1.95 bits per heavy atom. The average molecular weight is 304 g/mol. The first kappa shape index (κ1) is 14.7. The first-order valence-electron chi connectivity index (χ1n) is 5.90. The molecule has 7 heteroatoms. The maximum absolute atomic E-state index is 11.8. The minimum Gasteiger partial charge on any atom is -0.267 e. The van der Waals surface area contributed by atoms with E-state index in [-0.39, 0.29) is 11.3 Å². The van der Waals surface area contributed by atoms with Crippen molar-refractivity contribution in [2.75, 3.05) is 0 Å². The van der Waals surface area contributed by atoms with Gasteiger partial charge in [0.15, 0.2) is 0 Å². The van der Waals surface area contributed by atoms with Crippen LogP contribution in [0.2, 0.25) is 5.02 Å². The van der Waals surface area contributed by atoms with Gasteiger partial charge in [-0.05, 0) is 23.8 Å². The van der Waals surface area contributed by atoms with Gasteiger partial charge in [0.1, 0.15) is 0 Å². The molecule has 0 unspecified atom stereocenters. The van der Waals surface area contributed by atoms with Crippen LogP contribution in [0.1, 0.15) is 15.9 Å². The molecule has 1 amide bonds. The summed E-state index contributed by atoms with van der Waals surface area (Å²) < 4.78 is 0. The number of nitro benzene ring substituents is 1. The SMILES string of the molecule is O=C(NN=Cc1ccc(Cl)cc1)c1cccc([N+](=O)[O-])c1. The first-order valence-corrected chi connectivity index (χ1v) is 6.27. The van der Waals surface area contributed by atoms with Crippen molar-refractivity contribution in [2.24, 2.45) is 5.10 Å². The number of nitro groups is 1. The van der Waals surface area contributed by atoms with Crippen LogP contribution >= 0.6 is 11.6 Å². The monoisotopic (exact) mass is 303 g/mol. The van der Waals surface area contributed by atoms with Gasteiger partial charge in [-0.15, -0.1) is 0 Å². The molecule has 21 heavy (non-hydrogen) atoms. The molecule has 0 spiro atoms. The number of non-ortho nitro benzene ring substituents is 1. The van der Waals surface area contributed by atoms with Crippen molar-refractivity contribution in [1.29, 1.82) is 0 Å². The van der Waals surface area contributed by atoms with Crippen LogP contribution in [-0.2, 0) is 0 Å². The van der Waals surface area contributed by atoms with E-state index in [1.807, 2.05) is 0 Å². The summed E-state index contributed by atoms with van der Waals surface area (Å²) in [4.78, 5) is 21.9. The fourth-order valence-electron chi connectivity index (χ4n) is 1.54. The summed E-state index contributed by atoms with van der Waals surface area (Å²) in [6, 6.07) is 12.3. The number of halogens is 1. The van der Waals surface area contributed by atoms with Crippen molar-refractivity contribution >= 4 is 29.4 Å². The van der Waals surface area contributed by atoms with E-state index in [4.69, 9.17) is 11.6 Å². The predicted molar refractivity (Wildman–Crippen MR) is 79.6 cm³/mol. The van der Waals surface area contributed by atoms with Crippen LogP contribution in [0.25, 0.3) is 0 Å². The number of benzene rings is 2. The molecule has 0 saturated heterocycles.